The summed E-state index contributed by atoms with van der Waals surface area (Å²) in [6.45, 7) is 6.16. The first-order valence-corrected chi connectivity index (χ1v) is 8.53. The van der Waals surface area contributed by atoms with E-state index in [9.17, 15) is 9.59 Å². The Morgan fingerprint density at radius 3 is 2.69 bits per heavy atom. The molecule has 0 aromatic carbocycles. The summed E-state index contributed by atoms with van der Waals surface area (Å²) in [5, 5.41) is 9.37. The Labute approximate surface area is 150 Å². The Balaban J connectivity index is 2.08. The summed E-state index contributed by atoms with van der Waals surface area (Å²) in [4.78, 5) is 29.4. The lowest BCUT2D eigenvalue weighted by atomic mass is 10.1. The van der Waals surface area contributed by atoms with Gasteiger partial charge in [0.15, 0.2) is 0 Å². The minimum atomic E-state index is -0.492. The number of aromatic amines is 1. The van der Waals surface area contributed by atoms with Crippen molar-refractivity contribution in [3.63, 3.8) is 0 Å². The summed E-state index contributed by atoms with van der Waals surface area (Å²) >= 11 is 0. The van der Waals surface area contributed by atoms with Crippen molar-refractivity contribution in [2.24, 2.45) is 0 Å². The zero-order chi connectivity index (χ0) is 18.7. The van der Waals surface area contributed by atoms with Crippen molar-refractivity contribution in [2.75, 3.05) is 13.1 Å². The van der Waals surface area contributed by atoms with Crippen LogP contribution in [-0.2, 0) is 6.54 Å². The number of likely N-dealkylation sites (N-methyl/N-ethyl adjacent to an activating group) is 1. The molecule has 0 spiro atoms. The summed E-state index contributed by atoms with van der Waals surface area (Å²) in [5.41, 5.74) is -0.390. The Bertz CT molecular complexity index is 1050. The minimum absolute atomic E-state index is 0.0707. The lowest BCUT2D eigenvalue weighted by Gasteiger charge is -2.28. The molecule has 0 bridgehead atoms. The molecule has 3 rings (SSSR count). The second-order valence-corrected chi connectivity index (χ2v) is 5.98. The highest BCUT2D eigenvalue weighted by molar-refractivity contribution is 5.78. The van der Waals surface area contributed by atoms with E-state index in [1.165, 1.54) is 6.07 Å². The maximum absolute atomic E-state index is 12.9. The molecule has 0 fully saturated rings. The Morgan fingerprint density at radius 2 is 2.08 bits per heavy atom. The van der Waals surface area contributed by atoms with Crippen LogP contribution in [-0.4, -0.2) is 27.5 Å². The number of hydrogen-bond donors (Lipinski definition) is 1. The number of furan rings is 1. The van der Waals surface area contributed by atoms with Gasteiger partial charge < -0.3 is 14.0 Å². The van der Waals surface area contributed by atoms with Gasteiger partial charge in [-0.05, 0) is 37.4 Å². The summed E-state index contributed by atoms with van der Waals surface area (Å²) in [5.74, 6) is 0.792. The van der Waals surface area contributed by atoms with Gasteiger partial charge in [-0.2, -0.15) is 5.26 Å². The number of nitrogens with zero attached hydrogens (tertiary/aromatic N) is 3. The van der Waals surface area contributed by atoms with Crippen molar-refractivity contribution in [3.05, 3.63) is 68.8 Å². The van der Waals surface area contributed by atoms with Gasteiger partial charge in [0.05, 0.1) is 23.2 Å². The molecule has 3 aromatic heterocycles. The van der Waals surface area contributed by atoms with Gasteiger partial charge in [0.2, 0.25) is 0 Å². The molecule has 7 heteroatoms. The normalized spacial score (nSPS) is 12.4. The van der Waals surface area contributed by atoms with Crippen LogP contribution in [0.3, 0.4) is 0 Å². The van der Waals surface area contributed by atoms with Gasteiger partial charge >= 0.3 is 0 Å². The molecule has 134 valence electrons. The van der Waals surface area contributed by atoms with Crippen molar-refractivity contribution < 1.29 is 4.42 Å². The fourth-order valence-corrected chi connectivity index (χ4v) is 3.18. The molecule has 0 saturated heterocycles. The van der Waals surface area contributed by atoms with Crippen LogP contribution in [0, 0.1) is 11.3 Å². The number of rotatable bonds is 6. The molecule has 7 nitrogen and oxygen atoms in total. The highest BCUT2D eigenvalue weighted by Gasteiger charge is 2.22. The first-order chi connectivity index (χ1) is 12.6. The largest absolute Gasteiger partial charge is 0.468 e. The van der Waals surface area contributed by atoms with Crippen molar-refractivity contribution in [1.29, 1.82) is 5.26 Å². The third-order valence-electron chi connectivity index (χ3n) is 4.60. The topological polar surface area (TPSA) is 95.0 Å². The molecule has 1 atom stereocenters. The number of nitriles is 1. The van der Waals surface area contributed by atoms with Gasteiger partial charge in [0.25, 0.3) is 11.1 Å². The third kappa shape index (κ3) is 3.19. The van der Waals surface area contributed by atoms with E-state index >= 15 is 0 Å². The molecule has 3 aromatic rings. The maximum Gasteiger partial charge on any atom is 0.266 e. The first-order valence-electron chi connectivity index (χ1n) is 8.53. The predicted octanol–water partition coefficient (Wildman–Crippen LogP) is 2.24. The standard InChI is InChI=1S/C19H20N4O3/c1-3-22(4-2)16(17-6-5-9-26-17)12-23-8-7-15-14(19(23)25)10-13(11-20)18(24)21-15/h5-10,16H,3-4,12H2,1-2H3,(H,21,24)/t16-/m0/s1. The molecule has 1 N–H and O–H groups in total. The fraction of sp³-hybridized carbons (Fsp3) is 0.316. The van der Waals surface area contributed by atoms with Crippen molar-refractivity contribution >= 4 is 10.9 Å². The number of nitrogens with one attached hydrogen (secondary N) is 1. The molecule has 0 saturated carbocycles. The molecule has 26 heavy (non-hydrogen) atoms. The van der Waals surface area contributed by atoms with E-state index in [2.05, 4.69) is 23.7 Å². The van der Waals surface area contributed by atoms with Gasteiger partial charge in [-0.25, -0.2) is 0 Å². The molecule has 0 amide bonds. The zero-order valence-electron chi connectivity index (χ0n) is 14.7. The molecule has 0 aliphatic carbocycles. The first kappa shape index (κ1) is 17.7. The van der Waals surface area contributed by atoms with Crippen LogP contribution < -0.4 is 11.1 Å². The monoisotopic (exact) mass is 352 g/mol. The molecule has 3 heterocycles. The summed E-state index contributed by atoms with van der Waals surface area (Å²) in [7, 11) is 0. The van der Waals surface area contributed by atoms with Crippen molar-refractivity contribution in [2.45, 2.75) is 26.4 Å². The van der Waals surface area contributed by atoms with Crippen LogP contribution in [0.25, 0.3) is 10.9 Å². The third-order valence-corrected chi connectivity index (χ3v) is 4.60. The second kappa shape index (κ2) is 7.42. The number of hydrogen-bond acceptors (Lipinski definition) is 5. The van der Waals surface area contributed by atoms with Crippen LogP contribution in [0.1, 0.15) is 31.2 Å². The smallest absolute Gasteiger partial charge is 0.266 e. The van der Waals surface area contributed by atoms with Crippen molar-refractivity contribution in [3.8, 4) is 6.07 Å². The number of fused-ring (bicyclic) bond motifs is 1. The number of H-pyrrole nitrogens is 1. The van der Waals surface area contributed by atoms with Crippen LogP contribution in [0.2, 0.25) is 0 Å². The molecule has 0 unspecified atom stereocenters. The van der Waals surface area contributed by atoms with E-state index in [1.54, 1.807) is 23.1 Å². The Kier molecular flexibility index (Phi) is 5.05. The van der Waals surface area contributed by atoms with Crippen LogP contribution in [0.15, 0.2) is 50.7 Å². The minimum Gasteiger partial charge on any atom is -0.468 e. The van der Waals surface area contributed by atoms with E-state index in [0.717, 1.165) is 18.8 Å². The SMILES string of the molecule is CCN(CC)[C@@H](Cn1ccc2[nH]c(=O)c(C#N)cc2c1=O)c1ccco1. The molecule has 0 aliphatic heterocycles. The van der Waals surface area contributed by atoms with Crippen LogP contribution >= 0.6 is 0 Å². The summed E-state index contributed by atoms with van der Waals surface area (Å²) < 4.78 is 7.18. The number of aromatic nitrogens is 2. The average molecular weight is 352 g/mol. The fourth-order valence-electron chi connectivity index (χ4n) is 3.18. The Morgan fingerprint density at radius 1 is 1.31 bits per heavy atom. The molecular weight excluding hydrogens is 332 g/mol. The average Bonchev–Trinajstić information content (AvgIpc) is 3.18. The van der Waals surface area contributed by atoms with Gasteiger partial charge in [0.1, 0.15) is 17.4 Å². The maximum atomic E-state index is 12.9. The van der Waals surface area contributed by atoms with Gasteiger partial charge in [-0.15, -0.1) is 0 Å². The van der Waals surface area contributed by atoms with E-state index < -0.39 is 5.56 Å². The lowest BCUT2D eigenvalue weighted by molar-refractivity contribution is 0.172. The Hall–Kier alpha value is -3.11. The van der Waals surface area contributed by atoms with Gasteiger partial charge in [0, 0.05) is 12.7 Å². The molecule has 0 radical (unpaired) electrons. The molecular formula is C19H20N4O3. The highest BCUT2D eigenvalue weighted by Crippen LogP contribution is 2.23. The predicted molar refractivity (Wildman–Crippen MR) is 97.9 cm³/mol. The summed E-state index contributed by atoms with van der Waals surface area (Å²) in [6, 6.07) is 8.50. The van der Waals surface area contributed by atoms with Crippen LogP contribution in [0.4, 0.5) is 0 Å². The van der Waals surface area contributed by atoms with Crippen molar-refractivity contribution in [1.82, 2.24) is 14.5 Å². The van der Waals surface area contributed by atoms with E-state index in [0.29, 0.717) is 17.4 Å². The summed E-state index contributed by atoms with van der Waals surface area (Å²) in [6.07, 6.45) is 3.28. The quantitative estimate of drug-likeness (QED) is 0.734. The van der Waals surface area contributed by atoms with Crippen LogP contribution in [0.5, 0.6) is 0 Å². The zero-order valence-corrected chi connectivity index (χ0v) is 14.7. The van der Waals surface area contributed by atoms with Gasteiger partial charge in [-0.1, -0.05) is 13.8 Å². The van der Waals surface area contributed by atoms with E-state index in [4.69, 9.17) is 9.68 Å². The van der Waals surface area contributed by atoms with E-state index in [-0.39, 0.29) is 17.2 Å². The lowest BCUT2D eigenvalue weighted by Crippen LogP contribution is -2.34. The molecule has 0 aliphatic rings. The second-order valence-electron chi connectivity index (χ2n) is 5.98. The highest BCUT2D eigenvalue weighted by atomic mass is 16.3. The van der Waals surface area contributed by atoms with E-state index in [1.807, 2.05) is 18.2 Å². The number of pyridine rings is 2. The van der Waals surface area contributed by atoms with Gasteiger partial charge in [-0.3, -0.25) is 14.5 Å².